The van der Waals surface area contributed by atoms with Crippen molar-refractivity contribution in [2.24, 2.45) is 17.8 Å². The summed E-state index contributed by atoms with van der Waals surface area (Å²) in [5.74, 6) is 1.47. The molecule has 0 spiro atoms. The highest BCUT2D eigenvalue weighted by Crippen LogP contribution is 2.35. The normalized spacial score (nSPS) is 37.3. The van der Waals surface area contributed by atoms with E-state index >= 15 is 0 Å². The van der Waals surface area contributed by atoms with Gasteiger partial charge in [-0.05, 0) is 32.1 Å². The van der Waals surface area contributed by atoms with Crippen molar-refractivity contribution in [2.45, 2.75) is 51.9 Å². The zero-order valence-corrected chi connectivity index (χ0v) is 9.50. The monoisotopic (exact) mass is 208 g/mol. The third kappa shape index (κ3) is 2.30. The molecule has 2 nitrogen and oxygen atoms in total. The van der Waals surface area contributed by atoms with E-state index in [0.29, 0.717) is 11.6 Å². The van der Waals surface area contributed by atoms with Crippen LogP contribution in [0.25, 0.3) is 0 Å². The van der Waals surface area contributed by atoms with Gasteiger partial charge in [-0.25, -0.2) is 0 Å². The molecule has 0 aromatic rings. The second-order valence-electron chi connectivity index (χ2n) is 5.22. The van der Waals surface area contributed by atoms with Crippen LogP contribution >= 0.6 is 0 Å². The summed E-state index contributed by atoms with van der Waals surface area (Å²) in [6.45, 7) is 2.02. The van der Waals surface area contributed by atoms with E-state index in [9.17, 15) is 9.59 Å². The third-order valence-electron chi connectivity index (χ3n) is 4.09. The molecule has 0 aromatic carbocycles. The van der Waals surface area contributed by atoms with Gasteiger partial charge in [0.15, 0.2) is 0 Å². The zero-order chi connectivity index (χ0) is 10.8. The van der Waals surface area contributed by atoms with Crippen LogP contribution in [-0.4, -0.2) is 11.6 Å². The molecule has 2 aliphatic carbocycles. The Morgan fingerprint density at radius 2 is 1.87 bits per heavy atom. The Labute approximate surface area is 91.4 Å². The molecule has 0 N–H and O–H groups in total. The lowest BCUT2D eigenvalue weighted by atomic mass is 9.81. The molecule has 0 aromatic heterocycles. The minimum Gasteiger partial charge on any atom is -0.299 e. The van der Waals surface area contributed by atoms with E-state index in [1.54, 1.807) is 0 Å². The fraction of sp³-hybridized carbons (Fsp3) is 0.846. The summed E-state index contributed by atoms with van der Waals surface area (Å²) in [6, 6.07) is 0. The Morgan fingerprint density at radius 3 is 2.47 bits per heavy atom. The van der Waals surface area contributed by atoms with E-state index < -0.39 is 0 Å². The highest BCUT2D eigenvalue weighted by Gasteiger charge is 2.34. The third-order valence-corrected chi connectivity index (χ3v) is 4.09. The van der Waals surface area contributed by atoms with Crippen LogP contribution in [0, 0.1) is 17.8 Å². The molecule has 0 heterocycles. The van der Waals surface area contributed by atoms with Gasteiger partial charge in [0.1, 0.15) is 11.6 Å². The first-order valence-corrected chi connectivity index (χ1v) is 6.25. The fourth-order valence-electron chi connectivity index (χ4n) is 3.02. The molecule has 15 heavy (non-hydrogen) atoms. The predicted molar refractivity (Wildman–Crippen MR) is 58.5 cm³/mol. The largest absolute Gasteiger partial charge is 0.299 e. The van der Waals surface area contributed by atoms with Crippen LogP contribution in [0.3, 0.4) is 0 Å². The molecular weight excluding hydrogens is 188 g/mol. The first-order valence-electron chi connectivity index (χ1n) is 6.25. The van der Waals surface area contributed by atoms with E-state index in [1.165, 1.54) is 6.42 Å². The molecular formula is C13H20O2. The molecule has 2 aliphatic rings. The number of carbonyl (C=O) groups is 2. The lowest BCUT2D eigenvalue weighted by Gasteiger charge is -2.22. The van der Waals surface area contributed by atoms with Gasteiger partial charge < -0.3 is 0 Å². The molecule has 0 amide bonds. The summed E-state index contributed by atoms with van der Waals surface area (Å²) in [7, 11) is 0. The van der Waals surface area contributed by atoms with Gasteiger partial charge in [-0.2, -0.15) is 0 Å². The van der Waals surface area contributed by atoms with Crippen molar-refractivity contribution in [3.8, 4) is 0 Å². The van der Waals surface area contributed by atoms with Gasteiger partial charge in [0, 0.05) is 24.2 Å². The molecule has 0 saturated heterocycles. The maximum absolute atomic E-state index is 11.8. The van der Waals surface area contributed by atoms with E-state index in [0.717, 1.165) is 38.5 Å². The molecule has 0 bridgehead atoms. The first kappa shape index (κ1) is 10.8. The summed E-state index contributed by atoms with van der Waals surface area (Å²) in [6.07, 6.45) is 6.91. The van der Waals surface area contributed by atoms with E-state index in [1.807, 2.05) is 6.92 Å². The van der Waals surface area contributed by atoms with E-state index in [-0.39, 0.29) is 17.8 Å². The summed E-state index contributed by atoms with van der Waals surface area (Å²) < 4.78 is 0. The average Bonchev–Trinajstić information content (AvgIpc) is 2.53. The lowest BCUT2D eigenvalue weighted by molar-refractivity contribution is -0.127. The molecule has 3 unspecified atom stereocenters. The minimum absolute atomic E-state index is 0.201. The Hall–Kier alpha value is -0.660. The zero-order valence-electron chi connectivity index (χ0n) is 9.50. The maximum Gasteiger partial charge on any atom is 0.138 e. The van der Waals surface area contributed by atoms with Crippen LogP contribution < -0.4 is 0 Å². The summed E-state index contributed by atoms with van der Waals surface area (Å²) >= 11 is 0. The number of ketones is 2. The van der Waals surface area contributed by atoms with Gasteiger partial charge >= 0.3 is 0 Å². The number of Topliss-reactive ketones (excluding diaryl/α,β-unsaturated/α-hetero) is 2. The highest BCUT2D eigenvalue weighted by molar-refractivity contribution is 5.87. The Balaban J connectivity index is 1.91. The van der Waals surface area contributed by atoms with Gasteiger partial charge in [0.25, 0.3) is 0 Å². The number of carbonyl (C=O) groups excluding carboxylic acids is 2. The second-order valence-corrected chi connectivity index (χ2v) is 5.22. The standard InChI is InChI=1S/C13H20O2/c1-9-6-7-11(13(9)15)8-10-4-2-3-5-12(10)14/h9-11H,2-8H2,1H3. The number of rotatable bonds is 2. The molecule has 2 heteroatoms. The Bertz CT molecular complexity index is 268. The summed E-state index contributed by atoms with van der Waals surface area (Å²) in [5, 5.41) is 0. The predicted octanol–water partition coefficient (Wildman–Crippen LogP) is 2.75. The SMILES string of the molecule is CC1CCC(CC2CCCCC2=O)C1=O. The van der Waals surface area contributed by atoms with Gasteiger partial charge in [0.05, 0.1) is 0 Å². The number of hydrogen-bond donors (Lipinski definition) is 0. The second kappa shape index (κ2) is 4.46. The van der Waals surface area contributed by atoms with Crippen molar-refractivity contribution in [3.63, 3.8) is 0 Å². The minimum atomic E-state index is 0.201. The molecule has 84 valence electrons. The van der Waals surface area contributed by atoms with E-state index in [4.69, 9.17) is 0 Å². The number of hydrogen-bond acceptors (Lipinski definition) is 2. The van der Waals surface area contributed by atoms with Gasteiger partial charge in [0.2, 0.25) is 0 Å². The van der Waals surface area contributed by atoms with Gasteiger partial charge in [-0.1, -0.05) is 13.3 Å². The Kier molecular flexibility index (Phi) is 3.22. The molecule has 0 radical (unpaired) electrons. The van der Waals surface area contributed by atoms with Gasteiger partial charge in [-0.15, -0.1) is 0 Å². The molecule has 3 atom stereocenters. The Morgan fingerprint density at radius 1 is 1.07 bits per heavy atom. The average molecular weight is 208 g/mol. The van der Waals surface area contributed by atoms with E-state index in [2.05, 4.69) is 0 Å². The van der Waals surface area contributed by atoms with Crippen molar-refractivity contribution in [3.05, 3.63) is 0 Å². The fourth-order valence-corrected chi connectivity index (χ4v) is 3.02. The van der Waals surface area contributed by atoms with Crippen molar-refractivity contribution in [2.75, 3.05) is 0 Å². The molecule has 2 saturated carbocycles. The van der Waals surface area contributed by atoms with Crippen LogP contribution in [0.4, 0.5) is 0 Å². The molecule has 2 fully saturated rings. The maximum atomic E-state index is 11.8. The van der Waals surface area contributed by atoms with Crippen LogP contribution in [0.5, 0.6) is 0 Å². The quantitative estimate of drug-likeness (QED) is 0.699. The smallest absolute Gasteiger partial charge is 0.138 e. The first-order chi connectivity index (χ1) is 7.18. The highest BCUT2D eigenvalue weighted by atomic mass is 16.1. The van der Waals surface area contributed by atoms with Crippen LogP contribution in [0.15, 0.2) is 0 Å². The van der Waals surface area contributed by atoms with Gasteiger partial charge in [-0.3, -0.25) is 9.59 Å². The van der Waals surface area contributed by atoms with Crippen molar-refractivity contribution in [1.82, 2.24) is 0 Å². The van der Waals surface area contributed by atoms with Crippen molar-refractivity contribution in [1.29, 1.82) is 0 Å². The van der Waals surface area contributed by atoms with Crippen LogP contribution in [0.1, 0.15) is 51.9 Å². The molecule has 0 aliphatic heterocycles. The van der Waals surface area contributed by atoms with Crippen LogP contribution in [-0.2, 0) is 9.59 Å². The van der Waals surface area contributed by atoms with Crippen molar-refractivity contribution < 1.29 is 9.59 Å². The topological polar surface area (TPSA) is 34.1 Å². The molecule has 2 rings (SSSR count). The lowest BCUT2D eigenvalue weighted by Crippen LogP contribution is -2.24. The summed E-state index contributed by atoms with van der Waals surface area (Å²) in [4.78, 5) is 23.4. The van der Waals surface area contributed by atoms with Crippen LogP contribution in [0.2, 0.25) is 0 Å². The summed E-state index contributed by atoms with van der Waals surface area (Å²) in [5.41, 5.74) is 0. The van der Waals surface area contributed by atoms with Crippen molar-refractivity contribution >= 4 is 11.6 Å².